The van der Waals surface area contributed by atoms with Gasteiger partial charge in [-0.2, -0.15) is 0 Å². The molecular formula is C11H18O3S. The Morgan fingerprint density at radius 3 is 2.47 bits per heavy atom. The third kappa shape index (κ3) is 2.60. The lowest BCUT2D eigenvalue weighted by atomic mass is 9.85. The summed E-state index contributed by atoms with van der Waals surface area (Å²) in [5, 5.41) is 0. The first-order chi connectivity index (χ1) is 6.96. The van der Waals surface area contributed by atoms with E-state index in [1.807, 2.05) is 0 Å². The monoisotopic (exact) mass is 230 g/mol. The van der Waals surface area contributed by atoms with Gasteiger partial charge >= 0.3 is 0 Å². The van der Waals surface area contributed by atoms with Gasteiger partial charge in [-0.25, -0.2) is 8.42 Å². The van der Waals surface area contributed by atoms with Crippen molar-refractivity contribution in [1.29, 1.82) is 0 Å². The van der Waals surface area contributed by atoms with Crippen molar-refractivity contribution in [2.75, 3.05) is 12.0 Å². The SMILES string of the molecule is CS(=O)(=O)CCC(=O)C1CC2CCC1C2. The van der Waals surface area contributed by atoms with Gasteiger partial charge in [0.2, 0.25) is 0 Å². The van der Waals surface area contributed by atoms with E-state index in [0.717, 1.165) is 12.3 Å². The molecule has 3 nitrogen and oxygen atoms in total. The maximum atomic E-state index is 11.8. The molecule has 4 heteroatoms. The van der Waals surface area contributed by atoms with Crippen molar-refractivity contribution in [3.8, 4) is 0 Å². The van der Waals surface area contributed by atoms with Crippen molar-refractivity contribution in [1.82, 2.24) is 0 Å². The zero-order valence-electron chi connectivity index (χ0n) is 9.11. The zero-order chi connectivity index (χ0) is 11.1. The third-order valence-corrected chi connectivity index (χ3v) is 4.82. The van der Waals surface area contributed by atoms with Crippen molar-refractivity contribution in [3.05, 3.63) is 0 Å². The zero-order valence-corrected chi connectivity index (χ0v) is 9.92. The highest BCUT2D eigenvalue weighted by Gasteiger charge is 2.42. The van der Waals surface area contributed by atoms with E-state index < -0.39 is 9.84 Å². The number of hydrogen-bond acceptors (Lipinski definition) is 3. The molecule has 0 saturated heterocycles. The molecule has 3 unspecified atom stereocenters. The lowest BCUT2D eigenvalue weighted by Crippen LogP contribution is -2.23. The minimum Gasteiger partial charge on any atom is -0.299 e. The molecule has 0 N–H and O–H groups in total. The molecule has 86 valence electrons. The molecule has 0 radical (unpaired) electrons. The van der Waals surface area contributed by atoms with Gasteiger partial charge in [0.15, 0.2) is 0 Å². The Hall–Kier alpha value is -0.380. The van der Waals surface area contributed by atoms with Gasteiger partial charge in [-0.05, 0) is 31.1 Å². The number of rotatable bonds is 4. The van der Waals surface area contributed by atoms with Crippen LogP contribution in [0.2, 0.25) is 0 Å². The topological polar surface area (TPSA) is 51.2 Å². The van der Waals surface area contributed by atoms with Crippen LogP contribution in [-0.4, -0.2) is 26.2 Å². The largest absolute Gasteiger partial charge is 0.299 e. The van der Waals surface area contributed by atoms with Gasteiger partial charge in [0.25, 0.3) is 0 Å². The second-order valence-corrected chi connectivity index (χ2v) is 7.39. The Bertz CT molecular complexity index is 358. The molecule has 0 aliphatic heterocycles. The van der Waals surface area contributed by atoms with E-state index in [-0.39, 0.29) is 23.9 Å². The van der Waals surface area contributed by atoms with Crippen LogP contribution in [0.5, 0.6) is 0 Å². The second kappa shape index (κ2) is 3.89. The van der Waals surface area contributed by atoms with Gasteiger partial charge in [0.1, 0.15) is 15.6 Å². The summed E-state index contributed by atoms with van der Waals surface area (Å²) in [5.41, 5.74) is 0. The molecule has 0 amide bonds. The van der Waals surface area contributed by atoms with Crippen molar-refractivity contribution in [3.63, 3.8) is 0 Å². The molecular weight excluding hydrogens is 212 g/mol. The summed E-state index contributed by atoms with van der Waals surface area (Å²) in [6.45, 7) is 0. The number of carbonyl (C=O) groups excluding carboxylic acids is 1. The maximum absolute atomic E-state index is 11.8. The fourth-order valence-corrected chi connectivity index (χ4v) is 3.68. The van der Waals surface area contributed by atoms with E-state index in [0.29, 0.717) is 5.92 Å². The first kappa shape index (κ1) is 11.1. The fourth-order valence-electron chi connectivity index (χ4n) is 3.11. The van der Waals surface area contributed by atoms with Crippen LogP contribution in [0.4, 0.5) is 0 Å². The molecule has 0 spiro atoms. The Morgan fingerprint density at radius 1 is 1.27 bits per heavy atom. The van der Waals surface area contributed by atoms with Crippen molar-refractivity contribution in [2.45, 2.75) is 32.1 Å². The van der Waals surface area contributed by atoms with Crippen LogP contribution in [0.1, 0.15) is 32.1 Å². The van der Waals surface area contributed by atoms with Crippen LogP contribution < -0.4 is 0 Å². The number of carbonyl (C=O) groups is 1. The summed E-state index contributed by atoms with van der Waals surface area (Å²) in [5.74, 6) is 1.72. The smallest absolute Gasteiger partial charge is 0.147 e. The Morgan fingerprint density at radius 2 is 2.00 bits per heavy atom. The van der Waals surface area contributed by atoms with Crippen LogP contribution in [0.25, 0.3) is 0 Å². The highest BCUT2D eigenvalue weighted by molar-refractivity contribution is 7.90. The van der Waals surface area contributed by atoms with Crippen LogP contribution in [0.3, 0.4) is 0 Å². The Kier molecular flexibility index (Phi) is 2.88. The summed E-state index contributed by atoms with van der Waals surface area (Å²) in [7, 11) is -2.98. The summed E-state index contributed by atoms with van der Waals surface area (Å²) in [6.07, 6.45) is 6.11. The van der Waals surface area contributed by atoms with E-state index in [2.05, 4.69) is 0 Å². The van der Waals surface area contributed by atoms with Gasteiger partial charge in [-0.3, -0.25) is 4.79 Å². The predicted molar refractivity (Wildman–Crippen MR) is 58.3 cm³/mol. The number of fused-ring (bicyclic) bond motifs is 2. The summed E-state index contributed by atoms with van der Waals surface area (Å²) in [6, 6.07) is 0. The molecule has 2 aliphatic carbocycles. The van der Waals surface area contributed by atoms with E-state index in [1.165, 1.54) is 25.5 Å². The van der Waals surface area contributed by atoms with Gasteiger partial charge in [0.05, 0.1) is 5.75 Å². The van der Waals surface area contributed by atoms with Crippen molar-refractivity contribution < 1.29 is 13.2 Å². The minimum atomic E-state index is -2.98. The van der Waals surface area contributed by atoms with Crippen molar-refractivity contribution >= 4 is 15.6 Å². The van der Waals surface area contributed by atoms with Gasteiger partial charge < -0.3 is 0 Å². The highest BCUT2D eigenvalue weighted by atomic mass is 32.2. The number of hydrogen-bond donors (Lipinski definition) is 0. The molecule has 2 rings (SSSR count). The van der Waals surface area contributed by atoms with Gasteiger partial charge in [0, 0.05) is 18.6 Å². The van der Waals surface area contributed by atoms with E-state index >= 15 is 0 Å². The summed E-state index contributed by atoms with van der Waals surface area (Å²) in [4.78, 5) is 11.8. The number of Topliss-reactive ketones (excluding diaryl/α,β-unsaturated/α-hetero) is 1. The Balaban J connectivity index is 1.87. The van der Waals surface area contributed by atoms with Crippen LogP contribution in [0.15, 0.2) is 0 Å². The predicted octanol–water partition coefficient (Wildman–Crippen LogP) is 1.43. The molecule has 0 heterocycles. The Labute approximate surface area is 91.2 Å². The standard InChI is InChI=1S/C11H18O3S/c1-15(13,14)5-4-11(12)10-7-8-2-3-9(10)6-8/h8-10H,2-7H2,1H3. The molecule has 2 bridgehead atoms. The van der Waals surface area contributed by atoms with Crippen LogP contribution >= 0.6 is 0 Å². The fraction of sp³-hybridized carbons (Fsp3) is 0.909. The first-order valence-electron chi connectivity index (χ1n) is 5.66. The van der Waals surface area contributed by atoms with E-state index in [4.69, 9.17) is 0 Å². The van der Waals surface area contributed by atoms with Gasteiger partial charge in [-0.15, -0.1) is 0 Å². The first-order valence-corrected chi connectivity index (χ1v) is 7.72. The van der Waals surface area contributed by atoms with Crippen molar-refractivity contribution in [2.24, 2.45) is 17.8 Å². The second-order valence-electron chi connectivity index (χ2n) is 5.13. The van der Waals surface area contributed by atoms with E-state index in [1.54, 1.807) is 0 Å². The maximum Gasteiger partial charge on any atom is 0.147 e. The molecule has 3 atom stereocenters. The lowest BCUT2D eigenvalue weighted by Gasteiger charge is -2.19. The quantitative estimate of drug-likeness (QED) is 0.734. The molecule has 15 heavy (non-hydrogen) atoms. The average Bonchev–Trinajstić information content (AvgIpc) is 2.73. The molecule has 2 saturated carbocycles. The normalized spacial score (nSPS) is 34.6. The number of sulfone groups is 1. The van der Waals surface area contributed by atoms with Crippen LogP contribution in [-0.2, 0) is 14.6 Å². The highest BCUT2D eigenvalue weighted by Crippen LogP contribution is 2.48. The third-order valence-electron chi connectivity index (χ3n) is 3.87. The molecule has 2 fully saturated rings. The molecule has 0 aromatic carbocycles. The van der Waals surface area contributed by atoms with Crippen LogP contribution in [0, 0.1) is 17.8 Å². The molecule has 2 aliphatic rings. The molecule has 0 aromatic heterocycles. The summed E-state index contributed by atoms with van der Waals surface area (Å²) >= 11 is 0. The lowest BCUT2D eigenvalue weighted by molar-refractivity contribution is -0.123. The number of ketones is 1. The minimum absolute atomic E-state index is 0.0275. The van der Waals surface area contributed by atoms with E-state index in [9.17, 15) is 13.2 Å². The van der Waals surface area contributed by atoms with Gasteiger partial charge in [-0.1, -0.05) is 6.42 Å². The summed E-state index contributed by atoms with van der Waals surface area (Å²) < 4.78 is 21.9. The molecule has 0 aromatic rings. The average molecular weight is 230 g/mol.